The van der Waals surface area contributed by atoms with Gasteiger partial charge in [0.2, 0.25) is 6.41 Å². The molecule has 1 aliphatic heterocycles. The van der Waals surface area contributed by atoms with Gasteiger partial charge in [0.05, 0.1) is 5.02 Å². The van der Waals surface area contributed by atoms with Crippen molar-refractivity contribution >= 4 is 34.9 Å². The number of fused-ring (bicyclic) bond motifs is 1. The van der Waals surface area contributed by atoms with Gasteiger partial charge >= 0.3 is 5.63 Å². The van der Waals surface area contributed by atoms with Crippen LogP contribution in [0.25, 0.3) is 22.1 Å². The molecule has 1 saturated heterocycles. The smallest absolute Gasteiger partial charge is 0.336 e. The van der Waals surface area contributed by atoms with E-state index < -0.39 is 17.5 Å². The van der Waals surface area contributed by atoms with Crippen LogP contribution in [0.4, 0.5) is 4.39 Å². The van der Waals surface area contributed by atoms with Crippen LogP contribution in [-0.2, 0) is 9.59 Å². The van der Waals surface area contributed by atoms with Gasteiger partial charge in [0.15, 0.2) is 6.10 Å². The van der Waals surface area contributed by atoms with Gasteiger partial charge in [-0.25, -0.2) is 9.18 Å². The average molecular weight is 519 g/mol. The molecule has 0 saturated carbocycles. The van der Waals surface area contributed by atoms with Crippen molar-refractivity contribution in [3.8, 4) is 16.9 Å². The highest BCUT2D eigenvalue weighted by Gasteiger charge is 2.23. The first-order valence-electron chi connectivity index (χ1n) is 11.9. The Morgan fingerprint density at radius 3 is 2.39 bits per heavy atom. The molecule has 0 radical (unpaired) electrons. The number of ether oxygens (including phenoxy) is 1. The summed E-state index contributed by atoms with van der Waals surface area (Å²) < 4.78 is 24.6. The summed E-state index contributed by atoms with van der Waals surface area (Å²) in [6, 6.07) is 10.4. The van der Waals surface area contributed by atoms with Gasteiger partial charge in [-0.15, -0.1) is 0 Å². The number of halogens is 2. The molecule has 2 aromatic carbocycles. The summed E-state index contributed by atoms with van der Waals surface area (Å²) >= 11 is 6.19. The molecule has 2 heterocycles. The molecular weight excluding hydrogens is 487 g/mol. The van der Waals surface area contributed by atoms with E-state index in [-0.39, 0.29) is 10.9 Å². The predicted octanol–water partition coefficient (Wildman–Crippen LogP) is 5.42. The van der Waals surface area contributed by atoms with Gasteiger partial charge in [-0.2, -0.15) is 0 Å². The number of nitrogens with zero attached hydrogens (tertiary/aromatic N) is 1. The van der Waals surface area contributed by atoms with E-state index in [1.807, 2.05) is 18.7 Å². The Kier molecular flexibility index (Phi) is 11.4. The lowest BCUT2D eigenvalue weighted by molar-refractivity contribution is -0.138. The van der Waals surface area contributed by atoms with Crippen LogP contribution in [0.15, 0.2) is 51.7 Å². The number of rotatable bonds is 5. The first-order chi connectivity index (χ1) is 17.3. The lowest BCUT2D eigenvalue weighted by Crippen LogP contribution is -2.43. The highest BCUT2D eigenvalue weighted by atomic mass is 35.5. The number of amides is 2. The fourth-order valence-electron chi connectivity index (χ4n) is 3.77. The molecule has 1 aromatic heterocycles. The zero-order valence-corrected chi connectivity index (χ0v) is 21.7. The first-order valence-corrected chi connectivity index (χ1v) is 12.3. The molecule has 1 atom stereocenters. The Balaban J connectivity index is 0.000000694. The zero-order chi connectivity index (χ0) is 26.7. The van der Waals surface area contributed by atoms with E-state index in [4.69, 9.17) is 25.5 Å². The third kappa shape index (κ3) is 7.55. The van der Waals surface area contributed by atoms with Crippen LogP contribution in [0.3, 0.4) is 0 Å². The predicted molar refractivity (Wildman–Crippen MR) is 140 cm³/mol. The second-order valence-corrected chi connectivity index (χ2v) is 8.22. The topological polar surface area (TPSA) is 88.8 Å². The van der Waals surface area contributed by atoms with Gasteiger partial charge in [-0.3, -0.25) is 9.59 Å². The largest absolute Gasteiger partial charge is 0.481 e. The van der Waals surface area contributed by atoms with Gasteiger partial charge in [-0.1, -0.05) is 25.4 Å². The van der Waals surface area contributed by atoms with Gasteiger partial charge in [0, 0.05) is 48.8 Å². The summed E-state index contributed by atoms with van der Waals surface area (Å²) in [7, 11) is 1.56. The Morgan fingerprint density at radius 1 is 1.11 bits per heavy atom. The Morgan fingerprint density at radius 2 is 1.78 bits per heavy atom. The van der Waals surface area contributed by atoms with Crippen molar-refractivity contribution in [2.75, 3.05) is 20.1 Å². The van der Waals surface area contributed by atoms with E-state index >= 15 is 0 Å². The van der Waals surface area contributed by atoms with Crippen molar-refractivity contribution in [3.05, 3.63) is 63.7 Å². The Labute approximate surface area is 215 Å². The number of carbonyl (C=O) groups excluding carboxylic acids is 2. The lowest BCUT2D eigenvalue weighted by atomic mass is 10.0. The SMILES string of the molecule is CC.CC(Oc1ccc2c(-c3ccc(F)cc3Cl)cc(=O)oc2c1)C(=O)N1CCCCC1.CNC=O. The molecule has 1 aliphatic rings. The van der Waals surface area contributed by atoms with Crippen molar-refractivity contribution in [1.82, 2.24) is 10.2 Å². The third-order valence-electron chi connectivity index (χ3n) is 5.38. The number of piperidine rings is 1. The molecule has 0 spiro atoms. The zero-order valence-electron chi connectivity index (χ0n) is 21.0. The maximum atomic E-state index is 13.4. The van der Waals surface area contributed by atoms with Crippen molar-refractivity contribution in [2.24, 2.45) is 0 Å². The molecule has 194 valence electrons. The molecule has 4 rings (SSSR count). The van der Waals surface area contributed by atoms with Crippen LogP contribution in [0, 0.1) is 5.82 Å². The summed E-state index contributed by atoms with van der Waals surface area (Å²) in [5.41, 5.74) is 0.800. The van der Waals surface area contributed by atoms with E-state index in [1.165, 1.54) is 24.3 Å². The molecule has 2 amide bonds. The van der Waals surface area contributed by atoms with E-state index in [2.05, 4.69) is 5.32 Å². The van der Waals surface area contributed by atoms with Crippen LogP contribution in [0.2, 0.25) is 5.02 Å². The van der Waals surface area contributed by atoms with Gasteiger partial charge in [0.25, 0.3) is 5.91 Å². The molecular formula is C27H32ClFN2O5. The minimum Gasteiger partial charge on any atom is -0.481 e. The van der Waals surface area contributed by atoms with Crippen molar-refractivity contribution in [2.45, 2.75) is 46.1 Å². The van der Waals surface area contributed by atoms with E-state index in [0.29, 0.717) is 34.3 Å². The Bertz CT molecular complexity index is 1220. The third-order valence-corrected chi connectivity index (χ3v) is 5.70. The fourth-order valence-corrected chi connectivity index (χ4v) is 4.04. The number of hydrogen-bond acceptors (Lipinski definition) is 5. The van der Waals surface area contributed by atoms with Crippen LogP contribution in [0.5, 0.6) is 5.75 Å². The maximum absolute atomic E-state index is 13.4. The number of hydrogen-bond donors (Lipinski definition) is 1. The highest BCUT2D eigenvalue weighted by molar-refractivity contribution is 6.33. The maximum Gasteiger partial charge on any atom is 0.336 e. The molecule has 1 fully saturated rings. The summed E-state index contributed by atoms with van der Waals surface area (Å²) in [5.74, 6) is -0.0898. The summed E-state index contributed by atoms with van der Waals surface area (Å²) in [6.45, 7) is 7.22. The lowest BCUT2D eigenvalue weighted by Gasteiger charge is -2.29. The quantitative estimate of drug-likeness (QED) is 0.360. The minimum atomic E-state index is -0.651. The van der Waals surface area contributed by atoms with Gasteiger partial charge in [0.1, 0.15) is 17.1 Å². The first kappa shape index (κ1) is 28.8. The van der Waals surface area contributed by atoms with E-state index in [1.54, 1.807) is 32.2 Å². The average Bonchev–Trinajstić information content (AvgIpc) is 2.89. The summed E-state index contributed by atoms with van der Waals surface area (Å²) in [6.07, 6.45) is 3.13. The van der Waals surface area contributed by atoms with Crippen LogP contribution in [-0.4, -0.2) is 43.5 Å². The van der Waals surface area contributed by atoms with Crippen LogP contribution < -0.4 is 15.7 Å². The number of likely N-dealkylation sites (tertiary alicyclic amines) is 1. The Hall–Kier alpha value is -3.39. The van der Waals surface area contributed by atoms with E-state index in [9.17, 15) is 14.0 Å². The molecule has 7 nitrogen and oxygen atoms in total. The monoisotopic (exact) mass is 518 g/mol. The van der Waals surface area contributed by atoms with Crippen LogP contribution >= 0.6 is 11.6 Å². The van der Waals surface area contributed by atoms with Crippen LogP contribution in [0.1, 0.15) is 40.0 Å². The van der Waals surface area contributed by atoms with Gasteiger partial charge in [-0.05, 0) is 56.5 Å². The second kappa shape index (κ2) is 14.2. The minimum absolute atomic E-state index is 0.0527. The summed E-state index contributed by atoms with van der Waals surface area (Å²) in [5, 5.41) is 3.08. The molecule has 1 unspecified atom stereocenters. The van der Waals surface area contributed by atoms with Crippen molar-refractivity contribution < 1.29 is 23.1 Å². The van der Waals surface area contributed by atoms with E-state index in [0.717, 1.165) is 32.4 Å². The fraction of sp³-hybridized carbons (Fsp3) is 0.370. The number of benzene rings is 2. The molecule has 3 aromatic rings. The molecule has 1 N–H and O–H groups in total. The van der Waals surface area contributed by atoms with Crippen molar-refractivity contribution in [1.29, 1.82) is 0 Å². The van der Waals surface area contributed by atoms with Gasteiger partial charge < -0.3 is 19.4 Å². The normalized spacial score (nSPS) is 13.4. The molecule has 0 aliphatic carbocycles. The highest BCUT2D eigenvalue weighted by Crippen LogP contribution is 2.34. The molecule has 0 bridgehead atoms. The standard InChI is InChI=1S/C23H21ClFNO4.C2H5NO.C2H6/c1-14(23(28)26-9-3-2-4-10-26)29-16-6-8-18-19(13-22(27)30-21(18)12-16)17-7-5-15(25)11-20(17)24;1-3-2-4;1-2/h5-8,11-14H,2-4,9-10H2,1H3;2H,1H3,(H,3,4);1-2H3. The molecule has 36 heavy (non-hydrogen) atoms. The number of nitrogens with one attached hydrogen (secondary N) is 1. The molecule has 9 heteroatoms. The van der Waals surface area contributed by atoms with Crippen molar-refractivity contribution in [3.63, 3.8) is 0 Å². The second-order valence-electron chi connectivity index (χ2n) is 7.81. The summed E-state index contributed by atoms with van der Waals surface area (Å²) in [4.78, 5) is 35.6. The number of carbonyl (C=O) groups is 2.